The zero-order chi connectivity index (χ0) is 13.0. The Hall–Kier alpha value is -2.75. The van der Waals surface area contributed by atoms with E-state index in [-0.39, 0.29) is 17.2 Å². The lowest BCUT2D eigenvalue weighted by molar-refractivity contribution is 0.628. The maximum Gasteiger partial charge on any atom is 0.216 e. The van der Waals surface area contributed by atoms with E-state index in [0.717, 1.165) is 5.56 Å². The second-order valence-electron chi connectivity index (χ2n) is 3.51. The summed E-state index contributed by atoms with van der Waals surface area (Å²) in [4.78, 5) is 0. The lowest BCUT2D eigenvalue weighted by atomic mass is 10.2. The Kier molecular flexibility index (Phi) is 3.29. The number of nitrogens with one attached hydrogen (secondary N) is 2. The standard InChI is InChI=1S/C11H9FN6/c1-7-2-3-9(12)4-10(7)14-6-8(5-13)11-15-17-18-16-11/h2-4,6,14H,1H3,(H,15,16,17,18). The van der Waals surface area contributed by atoms with Crippen molar-refractivity contribution >= 4 is 11.3 Å². The van der Waals surface area contributed by atoms with Gasteiger partial charge in [0.25, 0.3) is 0 Å². The van der Waals surface area contributed by atoms with Crippen molar-refractivity contribution < 1.29 is 4.39 Å². The Balaban J connectivity index is 2.24. The highest BCUT2D eigenvalue weighted by Gasteiger charge is 2.06. The summed E-state index contributed by atoms with van der Waals surface area (Å²) in [5.74, 6) is -0.173. The van der Waals surface area contributed by atoms with E-state index in [4.69, 9.17) is 5.26 Å². The minimum Gasteiger partial charge on any atom is -0.360 e. The first-order valence-electron chi connectivity index (χ1n) is 5.07. The van der Waals surface area contributed by atoms with Crippen molar-refractivity contribution in [1.82, 2.24) is 20.6 Å². The van der Waals surface area contributed by atoms with E-state index >= 15 is 0 Å². The first-order chi connectivity index (χ1) is 8.70. The molecular weight excluding hydrogens is 235 g/mol. The Morgan fingerprint density at radius 3 is 3.06 bits per heavy atom. The molecule has 2 N–H and O–H groups in total. The molecule has 1 heterocycles. The molecule has 0 aliphatic heterocycles. The number of anilines is 1. The number of halogens is 1. The summed E-state index contributed by atoms with van der Waals surface area (Å²) in [6.07, 6.45) is 1.41. The van der Waals surface area contributed by atoms with E-state index in [1.807, 2.05) is 13.0 Å². The third kappa shape index (κ3) is 2.49. The van der Waals surface area contributed by atoms with Gasteiger partial charge in [-0.15, -0.1) is 10.2 Å². The maximum atomic E-state index is 13.1. The molecule has 0 spiro atoms. The first kappa shape index (κ1) is 11.7. The number of aromatic nitrogens is 4. The molecule has 0 aliphatic carbocycles. The van der Waals surface area contributed by atoms with Crippen LogP contribution in [-0.4, -0.2) is 20.6 Å². The van der Waals surface area contributed by atoms with E-state index in [2.05, 4.69) is 25.9 Å². The Morgan fingerprint density at radius 2 is 2.39 bits per heavy atom. The average molecular weight is 244 g/mol. The van der Waals surface area contributed by atoms with Crippen molar-refractivity contribution in [3.63, 3.8) is 0 Å². The molecule has 0 radical (unpaired) electrons. The van der Waals surface area contributed by atoms with Gasteiger partial charge in [-0.3, -0.25) is 0 Å². The fourth-order valence-corrected chi connectivity index (χ4v) is 1.32. The maximum absolute atomic E-state index is 13.1. The van der Waals surface area contributed by atoms with Crippen LogP contribution >= 0.6 is 0 Å². The monoisotopic (exact) mass is 244 g/mol. The molecule has 1 aromatic carbocycles. The molecule has 2 rings (SSSR count). The van der Waals surface area contributed by atoms with Crippen LogP contribution in [0.4, 0.5) is 10.1 Å². The highest BCUT2D eigenvalue weighted by atomic mass is 19.1. The average Bonchev–Trinajstić information content (AvgIpc) is 2.88. The number of tetrazole rings is 1. The number of hydrogen-bond donors (Lipinski definition) is 2. The minimum absolute atomic E-state index is 0.180. The Bertz CT molecular complexity index is 611. The molecule has 1 aromatic heterocycles. The predicted octanol–water partition coefficient (Wildman–Crippen LogP) is 1.62. The molecule has 0 saturated heterocycles. The molecule has 0 atom stereocenters. The van der Waals surface area contributed by atoms with Crippen molar-refractivity contribution in [2.24, 2.45) is 0 Å². The summed E-state index contributed by atoms with van der Waals surface area (Å²) in [7, 11) is 0. The number of aryl methyl sites for hydroxylation is 1. The smallest absolute Gasteiger partial charge is 0.216 e. The second kappa shape index (κ2) is 5.05. The van der Waals surface area contributed by atoms with Crippen molar-refractivity contribution in [2.75, 3.05) is 5.32 Å². The van der Waals surface area contributed by atoms with E-state index in [1.54, 1.807) is 6.07 Å². The van der Waals surface area contributed by atoms with Crippen LogP contribution in [0.15, 0.2) is 24.4 Å². The van der Waals surface area contributed by atoms with Gasteiger partial charge < -0.3 is 5.32 Å². The molecule has 0 unspecified atom stereocenters. The van der Waals surface area contributed by atoms with Crippen LogP contribution in [0.1, 0.15) is 11.4 Å². The molecule has 0 fully saturated rings. The highest BCUT2D eigenvalue weighted by molar-refractivity contribution is 5.74. The summed E-state index contributed by atoms with van der Waals surface area (Å²) in [5, 5.41) is 24.8. The van der Waals surface area contributed by atoms with Crippen LogP contribution in [0, 0.1) is 24.1 Å². The van der Waals surface area contributed by atoms with Gasteiger partial charge in [-0.1, -0.05) is 6.07 Å². The predicted molar refractivity (Wildman–Crippen MR) is 62.5 cm³/mol. The third-order valence-electron chi connectivity index (χ3n) is 2.28. The molecule has 6 nitrogen and oxygen atoms in total. The summed E-state index contributed by atoms with van der Waals surface area (Å²) in [6, 6.07) is 6.29. The number of hydrogen-bond acceptors (Lipinski definition) is 5. The highest BCUT2D eigenvalue weighted by Crippen LogP contribution is 2.17. The zero-order valence-electron chi connectivity index (χ0n) is 9.48. The van der Waals surface area contributed by atoms with Crippen molar-refractivity contribution in [3.05, 3.63) is 41.6 Å². The van der Waals surface area contributed by atoms with Crippen molar-refractivity contribution in [3.8, 4) is 6.07 Å². The van der Waals surface area contributed by atoms with Crippen LogP contribution < -0.4 is 5.32 Å². The first-order valence-corrected chi connectivity index (χ1v) is 5.07. The largest absolute Gasteiger partial charge is 0.360 e. The number of nitriles is 1. The number of H-pyrrole nitrogens is 1. The van der Waals surface area contributed by atoms with E-state index in [0.29, 0.717) is 5.69 Å². The summed E-state index contributed by atoms with van der Waals surface area (Å²) in [5.41, 5.74) is 1.64. The van der Waals surface area contributed by atoms with Gasteiger partial charge in [0, 0.05) is 11.9 Å². The number of benzene rings is 1. The summed E-state index contributed by atoms with van der Waals surface area (Å²) >= 11 is 0. The Labute approximate surface area is 102 Å². The van der Waals surface area contributed by atoms with Gasteiger partial charge in [0.1, 0.15) is 17.5 Å². The van der Waals surface area contributed by atoms with Crippen molar-refractivity contribution in [2.45, 2.75) is 6.92 Å². The van der Waals surface area contributed by atoms with Gasteiger partial charge in [-0.2, -0.15) is 10.5 Å². The van der Waals surface area contributed by atoms with Gasteiger partial charge in [0.05, 0.1) is 0 Å². The van der Waals surface area contributed by atoms with Gasteiger partial charge in [-0.25, -0.2) is 4.39 Å². The SMILES string of the molecule is Cc1ccc(F)cc1NC=C(C#N)c1nn[nH]n1. The molecule has 0 saturated carbocycles. The lowest BCUT2D eigenvalue weighted by Gasteiger charge is -2.05. The van der Waals surface area contributed by atoms with Gasteiger partial charge in [0.2, 0.25) is 5.82 Å². The topological polar surface area (TPSA) is 90.3 Å². The molecule has 0 bridgehead atoms. The van der Waals surface area contributed by atoms with Crippen LogP contribution in [0.5, 0.6) is 0 Å². The number of aromatic amines is 1. The van der Waals surface area contributed by atoms with E-state index in [1.165, 1.54) is 18.3 Å². The normalized spacial score (nSPS) is 11.1. The van der Waals surface area contributed by atoms with E-state index in [9.17, 15) is 4.39 Å². The van der Waals surface area contributed by atoms with Gasteiger partial charge in [-0.05, 0) is 29.8 Å². The fourth-order valence-electron chi connectivity index (χ4n) is 1.32. The molecule has 90 valence electrons. The summed E-state index contributed by atoms with van der Waals surface area (Å²) in [6.45, 7) is 1.83. The second-order valence-corrected chi connectivity index (χ2v) is 3.51. The zero-order valence-corrected chi connectivity index (χ0v) is 9.48. The number of nitrogens with zero attached hydrogens (tertiary/aromatic N) is 4. The lowest BCUT2D eigenvalue weighted by Crippen LogP contribution is -1.95. The van der Waals surface area contributed by atoms with Crippen molar-refractivity contribution in [1.29, 1.82) is 5.26 Å². The molecule has 2 aromatic rings. The Morgan fingerprint density at radius 1 is 1.56 bits per heavy atom. The number of rotatable bonds is 3. The van der Waals surface area contributed by atoms with Crippen LogP contribution in [0.25, 0.3) is 5.57 Å². The van der Waals surface area contributed by atoms with Crippen LogP contribution in [0.2, 0.25) is 0 Å². The fraction of sp³-hybridized carbons (Fsp3) is 0.0909. The van der Waals surface area contributed by atoms with Crippen LogP contribution in [0.3, 0.4) is 0 Å². The summed E-state index contributed by atoms with van der Waals surface area (Å²) < 4.78 is 13.1. The molecule has 0 amide bonds. The third-order valence-corrected chi connectivity index (χ3v) is 2.28. The molecule has 18 heavy (non-hydrogen) atoms. The quantitative estimate of drug-likeness (QED) is 0.801. The van der Waals surface area contributed by atoms with Crippen LogP contribution in [-0.2, 0) is 0 Å². The van der Waals surface area contributed by atoms with Gasteiger partial charge >= 0.3 is 0 Å². The van der Waals surface area contributed by atoms with Gasteiger partial charge in [0.15, 0.2) is 0 Å². The molecular formula is C11H9FN6. The molecule has 7 heteroatoms. The minimum atomic E-state index is -0.352. The molecule has 0 aliphatic rings. The van der Waals surface area contributed by atoms with E-state index < -0.39 is 0 Å². The number of allylic oxidation sites excluding steroid dienone is 1.